The summed E-state index contributed by atoms with van der Waals surface area (Å²) in [6.45, 7) is 6.08. The van der Waals surface area contributed by atoms with Crippen molar-refractivity contribution in [2.24, 2.45) is 0 Å². The highest BCUT2D eigenvalue weighted by atomic mass is 16.4. The number of nitrogens with zero attached hydrogens (tertiary/aromatic N) is 4. The van der Waals surface area contributed by atoms with Gasteiger partial charge in [0.2, 0.25) is 23.6 Å². The molecule has 0 N–H and O–H groups in total. The van der Waals surface area contributed by atoms with Crippen molar-refractivity contribution in [1.29, 1.82) is 0 Å². The lowest BCUT2D eigenvalue weighted by Gasteiger charge is -2.02. The zero-order chi connectivity index (χ0) is 21.4. The van der Waals surface area contributed by atoms with E-state index in [0.29, 0.717) is 23.6 Å². The molecule has 0 saturated heterocycles. The van der Waals surface area contributed by atoms with Crippen molar-refractivity contribution in [3.05, 3.63) is 83.4 Å². The summed E-state index contributed by atoms with van der Waals surface area (Å²) in [5.41, 5.74) is 6.76. The first kappa shape index (κ1) is 18.9. The maximum absolute atomic E-state index is 5.94. The SMILES string of the molecule is Cc1ccc(-c2nnc(-c3cc(C)cc(-c4nnc(-c5ccc(C)cc5)o4)c3)o2)cc1. The first-order valence-electron chi connectivity index (χ1n) is 9.99. The van der Waals surface area contributed by atoms with E-state index in [4.69, 9.17) is 8.83 Å². The lowest BCUT2D eigenvalue weighted by Crippen LogP contribution is -1.85. The summed E-state index contributed by atoms with van der Waals surface area (Å²) in [5.74, 6) is 1.85. The third-order valence-electron chi connectivity index (χ3n) is 5.02. The monoisotopic (exact) mass is 408 g/mol. The van der Waals surface area contributed by atoms with Gasteiger partial charge in [-0.2, -0.15) is 0 Å². The van der Waals surface area contributed by atoms with Crippen molar-refractivity contribution >= 4 is 0 Å². The topological polar surface area (TPSA) is 77.8 Å². The minimum absolute atomic E-state index is 0.443. The smallest absolute Gasteiger partial charge is 0.248 e. The number of benzene rings is 3. The van der Waals surface area contributed by atoms with Crippen LogP contribution in [0.25, 0.3) is 45.8 Å². The van der Waals surface area contributed by atoms with E-state index >= 15 is 0 Å². The summed E-state index contributed by atoms with van der Waals surface area (Å²) in [4.78, 5) is 0. The molecule has 152 valence electrons. The fourth-order valence-corrected chi connectivity index (χ4v) is 3.34. The van der Waals surface area contributed by atoms with E-state index in [1.807, 2.05) is 87.5 Å². The van der Waals surface area contributed by atoms with Crippen LogP contribution in [-0.2, 0) is 0 Å². The quantitative estimate of drug-likeness (QED) is 0.360. The molecule has 0 aliphatic rings. The Kier molecular flexibility index (Phi) is 4.67. The van der Waals surface area contributed by atoms with Gasteiger partial charge in [-0.05, 0) is 68.8 Å². The van der Waals surface area contributed by atoms with Crippen LogP contribution in [0.15, 0.2) is 75.6 Å². The fraction of sp³-hybridized carbons (Fsp3) is 0.120. The number of hydrogen-bond acceptors (Lipinski definition) is 6. The zero-order valence-corrected chi connectivity index (χ0v) is 17.5. The number of hydrogen-bond donors (Lipinski definition) is 0. The molecule has 0 aliphatic carbocycles. The highest BCUT2D eigenvalue weighted by Crippen LogP contribution is 2.30. The predicted molar refractivity (Wildman–Crippen MR) is 118 cm³/mol. The van der Waals surface area contributed by atoms with Crippen LogP contribution < -0.4 is 0 Å². The molecule has 2 aromatic heterocycles. The zero-order valence-electron chi connectivity index (χ0n) is 17.5. The second kappa shape index (κ2) is 7.65. The van der Waals surface area contributed by atoms with Crippen LogP contribution in [0.2, 0.25) is 0 Å². The van der Waals surface area contributed by atoms with Crippen LogP contribution in [0.1, 0.15) is 16.7 Å². The van der Waals surface area contributed by atoms with E-state index in [1.54, 1.807) is 0 Å². The van der Waals surface area contributed by atoms with Gasteiger partial charge in [-0.15, -0.1) is 20.4 Å². The van der Waals surface area contributed by atoms with E-state index < -0.39 is 0 Å². The highest BCUT2D eigenvalue weighted by molar-refractivity contribution is 5.67. The lowest BCUT2D eigenvalue weighted by molar-refractivity contribution is 0.582. The molecule has 0 atom stereocenters. The van der Waals surface area contributed by atoms with Gasteiger partial charge in [0, 0.05) is 22.3 Å². The minimum Gasteiger partial charge on any atom is -0.416 e. The van der Waals surface area contributed by atoms with Gasteiger partial charge in [0.25, 0.3) is 0 Å². The Hall–Kier alpha value is -4.06. The van der Waals surface area contributed by atoms with E-state index in [1.165, 1.54) is 11.1 Å². The molecule has 31 heavy (non-hydrogen) atoms. The molecule has 3 aromatic carbocycles. The fourth-order valence-electron chi connectivity index (χ4n) is 3.34. The maximum Gasteiger partial charge on any atom is 0.248 e. The molecule has 6 heteroatoms. The summed E-state index contributed by atoms with van der Waals surface area (Å²) >= 11 is 0. The number of aryl methyl sites for hydroxylation is 3. The third-order valence-corrected chi connectivity index (χ3v) is 5.02. The predicted octanol–water partition coefficient (Wildman–Crippen LogP) is 6.05. The van der Waals surface area contributed by atoms with Gasteiger partial charge < -0.3 is 8.83 Å². The summed E-state index contributed by atoms with van der Waals surface area (Å²) in [6, 6.07) is 21.9. The molecule has 6 nitrogen and oxygen atoms in total. The average molecular weight is 408 g/mol. The first-order chi connectivity index (χ1) is 15.0. The van der Waals surface area contributed by atoms with E-state index in [-0.39, 0.29) is 0 Å². The Bertz CT molecular complexity index is 1250. The summed E-state index contributed by atoms with van der Waals surface area (Å²) < 4.78 is 11.9. The van der Waals surface area contributed by atoms with Crippen LogP contribution >= 0.6 is 0 Å². The summed E-state index contributed by atoms with van der Waals surface area (Å²) in [5, 5.41) is 16.9. The van der Waals surface area contributed by atoms with Crippen molar-refractivity contribution in [2.75, 3.05) is 0 Å². The molecule has 0 spiro atoms. The molecule has 0 amide bonds. The van der Waals surface area contributed by atoms with Gasteiger partial charge in [-0.1, -0.05) is 35.4 Å². The minimum atomic E-state index is 0.443. The normalized spacial score (nSPS) is 11.1. The molecule has 0 saturated carbocycles. The molecule has 0 unspecified atom stereocenters. The van der Waals surface area contributed by atoms with Gasteiger partial charge in [0.15, 0.2) is 0 Å². The van der Waals surface area contributed by atoms with Crippen LogP contribution in [-0.4, -0.2) is 20.4 Å². The Morgan fingerprint density at radius 3 is 1.16 bits per heavy atom. The molecular weight excluding hydrogens is 388 g/mol. The Morgan fingerprint density at radius 2 is 0.774 bits per heavy atom. The van der Waals surface area contributed by atoms with Crippen molar-refractivity contribution in [1.82, 2.24) is 20.4 Å². The molecule has 2 heterocycles. The standard InChI is InChI=1S/C25H20N4O2/c1-15-4-8-18(9-5-15)22-26-28-24(30-22)20-12-17(3)13-21(14-20)25-29-27-23(31-25)19-10-6-16(2)7-11-19/h4-14H,1-3H3. The number of aromatic nitrogens is 4. The van der Waals surface area contributed by atoms with Crippen LogP contribution in [0.5, 0.6) is 0 Å². The lowest BCUT2D eigenvalue weighted by atomic mass is 10.1. The van der Waals surface area contributed by atoms with E-state index in [9.17, 15) is 0 Å². The van der Waals surface area contributed by atoms with Crippen molar-refractivity contribution < 1.29 is 8.83 Å². The van der Waals surface area contributed by atoms with E-state index in [0.717, 1.165) is 27.8 Å². The van der Waals surface area contributed by atoms with Gasteiger partial charge >= 0.3 is 0 Å². The van der Waals surface area contributed by atoms with Crippen molar-refractivity contribution in [3.8, 4) is 45.8 Å². The number of rotatable bonds is 4. The van der Waals surface area contributed by atoms with Gasteiger partial charge in [0.05, 0.1) is 0 Å². The molecular formula is C25H20N4O2. The second-order valence-electron chi connectivity index (χ2n) is 7.64. The van der Waals surface area contributed by atoms with Crippen LogP contribution in [0.3, 0.4) is 0 Å². The Morgan fingerprint density at radius 1 is 0.419 bits per heavy atom. The van der Waals surface area contributed by atoms with Gasteiger partial charge in [-0.25, -0.2) is 0 Å². The third kappa shape index (κ3) is 3.88. The average Bonchev–Trinajstić information content (AvgIpc) is 3.45. The van der Waals surface area contributed by atoms with Crippen molar-refractivity contribution in [3.63, 3.8) is 0 Å². The second-order valence-corrected chi connectivity index (χ2v) is 7.64. The molecule has 0 radical (unpaired) electrons. The van der Waals surface area contributed by atoms with Gasteiger partial charge in [-0.3, -0.25) is 0 Å². The highest BCUT2D eigenvalue weighted by Gasteiger charge is 2.15. The first-order valence-corrected chi connectivity index (χ1v) is 9.99. The molecule has 0 bridgehead atoms. The van der Waals surface area contributed by atoms with Crippen LogP contribution in [0, 0.1) is 20.8 Å². The molecule has 5 rings (SSSR count). The summed E-state index contributed by atoms with van der Waals surface area (Å²) in [6.07, 6.45) is 0. The van der Waals surface area contributed by atoms with Crippen molar-refractivity contribution in [2.45, 2.75) is 20.8 Å². The van der Waals surface area contributed by atoms with Crippen LogP contribution in [0.4, 0.5) is 0 Å². The maximum atomic E-state index is 5.94. The molecule has 0 fully saturated rings. The Labute approximate surface area is 179 Å². The summed E-state index contributed by atoms with van der Waals surface area (Å²) in [7, 11) is 0. The Balaban J connectivity index is 1.48. The molecule has 0 aliphatic heterocycles. The largest absolute Gasteiger partial charge is 0.416 e. The van der Waals surface area contributed by atoms with E-state index in [2.05, 4.69) is 20.4 Å². The van der Waals surface area contributed by atoms with Gasteiger partial charge in [0.1, 0.15) is 0 Å². The molecule has 5 aromatic rings.